The van der Waals surface area contributed by atoms with E-state index in [4.69, 9.17) is 5.11 Å². The molecule has 86 valence electrons. The number of nitrogens with one attached hydrogen (secondary N) is 1. The topological polar surface area (TPSA) is 52.6 Å². The number of hydrogen-bond acceptors (Lipinski definition) is 3. The number of carbonyl (C=O) groups excluding carboxylic acids is 1. The maximum Gasteiger partial charge on any atom is 0.265 e. The van der Waals surface area contributed by atoms with Crippen LogP contribution in [0.4, 0.5) is 0 Å². The van der Waals surface area contributed by atoms with Crippen LogP contribution >= 0.6 is 0 Å². The van der Waals surface area contributed by atoms with Gasteiger partial charge in [0.2, 0.25) is 0 Å². The zero-order valence-electron chi connectivity index (χ0n) is 9.10. The van der Waals surface area contributed by atoms with Gasteiger partial charge < -0.3 is 5.11 Å². The minimum atomic E-state index is -0.110. The Bertz CT molecular complexity index is 353. The Balaban J connectivity index is 1.97. The summed E-state index contributed by atoms with van der Waals surface area (Å²) in [5.74, 6) is -0.110. The summed E-state index contributed by atoms with van der Waals surface area (Å²) in [6, 6.07) is 9.17. The highest BCUT2D eigenvalue weighted by Gasteiger charge is 2.25. The second-order valence-electron chi connectivity index (χ2n) is 3.98. The van der Waals surface area contributed by atoms with Crippen molar-refractivity contribution in [2.45, 2.75) is 18.9 Å². The molecule has 1 aliphatic heterocycles. The first-order chi connectivity index (χ1) is 7.81. The lowest BCUT2D eigenvalue weighted by Gasteiger charge is -2.23. The maximum absolute atomic E-state index is 11.8. The standard InChI is InChI=1S/C12H16N2O2/c15-9-11-7-4-8-14(11)13-12(16)10-5-2-1-3-6-10/h1-3,5-6,11,15H,4,7-9H2,(H,13,16). The quantitative estimate of drug-likeness (QED) is 0.791. The van der Waals surface area contributed by atoms with E-state index in [1.807, 2.05) is 23.2 Å². The van der Waals surface area contributed by atoms with E-state index < -0.39 is 0 Å². The molecule has 1 amide bonds. The molecule has 4 nitrogen and oxygen atoms in total. The fourth-order valence-corrected chi connectivity index (χ4v) is 1.96. The van der Waals surface area contributed by atoms with Crippen molar-refractivity contribution in [3.63, 3.8) is 0 Å². The fraction of sp³-hybridized carbons (Fsp3) is 0.417. The number of amides is 1. The molecular weight excluding hydrogens is 204 g/mol. The van der Waals surface area contributed by atoms with Gasteiger partial charge in [0, 0.05) is 12.1 Å². The molecule has 1 unspecified atom stereocenters. The van der Waals surface area contributed by atoms with Crippen LogP contribution in [0.25, 0.3) is 0 Å². The van der Waals surface area contributed by atoms with Crippen LogP contribution in [-0.4, -0.2) is 35.2 Å². The van der Waals surface area contributed by atoms with Gasteiger partial charge in [-0.25, -0.2) is 5.01 Å². The number of hydrogen-bond donors (Lipinski definition) is 2. The fourth-order valence-electron chi connectivity index (χ4n) is 1.96. The lowest BCUT2D eigenvalue weighted by Crippen LogP contribution is -2.46. The maximum atomic E-state index is 11.8. The summed E-state index contributed by atoms with van der Waals surface area (Å²) < 4.78 is 0. The summed E-state index contributed by atoms with van der Waals surface area (Å²) in [4.78, 5) is 11.8. The zero-order chi connectivity index (χ0) is 11.4. The third-order valence-corrected chi connectivity index (χ3v) is 2.87. The molecular formula is C12H16N2O2. The van der Waals surface area contributed by atoms with Gasteiger partial charge in [-0.15, -0.1) is 0 Å². The Morgan fingerprint density at radius 1 is 1.44 bits per heavy atom. The van der Waals surface area contributed by atoms with Gasteiger partial charge in [0.05, 0.1) is 12.6 Å². The number of hydrazine groups is 1. The SMILES string of the molecule is O=C(NN1CCCC1CO)c1ccccc1. The molecule has 0 aromatic heterocycles. The van der Waals surface area contributed by atoms with Gasteiger partial charge in [-0.2, -0.15) is 0 Å². The highest BCUT2D eigenvalue weighted by Crippen LogP contribution is 2.14. The van der Waals surface area contributed by atoms with E-state index in [0.29, 0.717) is 5.56 Å². The second kappa shape index (κ2) is 5.09. The second-order valence-corrected chi connectivity index (χ2v) is 3.98. The first kappa shape index (κ1) is 11.1. The molecule has 1 heterocycles. The number of benzene rings is 1. The summed E-state index contributed by atoms with van der Waals surface area (Å²) in [6.45, 7) is 0.902. The molecule has 1 aromatic carbocycles. The summed E-state index contributed by atoms with van der Waals surface area (Å²) in [5, 5.41) is 11.0. The Hall–Kier alpha value is -1.39. The first-order valence-electron chi connectivity index (χ1n) is 5.55. The van der Waals surface area contributed by atoms with E-state index >= 15 is 0 Å². The van der Waals surface area contributed by atoms with Gasteiger partial charge in [-0.1, -0.05) is 18.2 Å². The minimum Gasteiger partial charge on any atom is -0.395 e. The third-order valence-electron chi connectivity index (χ3n) is 2.87. The van der Waals surface area contributed by atoms with Crippen LogP contribution in [0.3, 0.4) is 0 Å². The predicted octanol–water partition coefficient (Wildman–Crippen LogP) is 0.788. The number of aliphatic hydroxyl groups excluding tert-OH is 1. The monoisotopic (exact) mass is 220 g/mol. The minimum absolute atomic E-state index is 0.0627. The molecule has 0 bridgehead atoms. The molecule has 2 rings (SSSR count). The van der Waals surface area contributed by atoms with Gasteiger partial charge in [0.25, 0.3) is 5.91 Å². The Morgan fingerprint density at radius 3 is 2.88 bits per heavy atom. The number of rotatable bonds is 3. The van der Waals surface area contributed by atoms with Crippen molar-refractivity contribution in [2.24, 2.45) is 0 Å². The normalized spacial score (nSPS) is 20.9. The van der Waals surface area contributed by atoms with Gasteiger partial charge >= 0.3 is 0 Å². The van der Waals surface area contributed by atoms with Gasteiger partial charge in [0.1, 0.15) is 0 Å². The molecule has 0 saturated carbocycles. The predicted molar refractivity (Wildman–Crippen MR) is 60.7 cm³/mol. The summed E-state index contributed by atoms with van der Waals surface area (Å²) >= 11 is 0. The highest BCUT2D eigenvalue weighted by atomic mass is 16.3. The van der Waals surface area contributed by atoms with Crippen molar-refractivity contribution >= 4 is 5.91 Å². The van der Waals surface area contributed by atoms with E-state index in [1.54, 1.807) is 12.1 Å². The van der Waals surface area contributed by atoms with Crippen LogP contribution < -0.4 is 5.43 Å². The summed E-state index contributed by atoms with van der Waals surface area (Å²) in [6.07, 6.45) is 1.95. The van der Waals surface area contributed by atoms with Crippen LogP contribution in [0.2, 0.25) is 0 Å². The zero-order valence-corrected chi connectivity index (χ0v) is 9.10. The van der Waals surface area contributed by atoms with Crippen LogP contribution in [0.15, 0.2) is 30.3 Å². The van der Waals surface area contributed by atoms with Gasteiger partial charge in [-0.3, -0.25) is 10.2 Å². The van der Waals surface area contributed by atoms with Crippen LogP contribution in [0.5, 0.6) is 0 Å². The molecule has 1 aliphatic rings. The van der Waals surface area contributed by atoms with Crippen molar-refractivity contribution in [1.29, 1.82) is 0 Å². The first-order valence-corrected chi connectivity index (χ1v) is 5.55. The Labute approximate surface area is 94.9 Å². The molecule has 1 aromatic rings. The van der Waals surface area contributed by atoms with Crippen molar-refractivity contribution in [3.8, 4) is 0 Å². The molecule has 0 radical (unpaired) electrons. The highest BCUT2D eigenvalue weighted by molar-refractivity contribution is 5.93. The Kier molecular flexibility index (Phi) is 3.54. The van der Waals surface area contributed by atoms with Gasteiger partial charge in [0.15, 0.2) is 0 Å². The van der Waals surface area contributed by atoms with Crippen molar-refractivity contribution in [2.75, 3.05) is 13.2 Å². The third kappa shape index (κ3) is 2.40. The molecule has 0 spiro atoms. The molecule has 1 atom stereocenters. The average Bonchev–Trinajstić information content (AvgIpc) is 2.77. The Morgan fingerprint density at radius 2 is 2.19 bits per heavy atom. The van der Waals surface area contributed by atoms with Crippen LogP contribution in [0, 0.1) is 0 Å². The van der Waals surface area contributed by atoms with Crippen molar-refractivity contribution in [3.05, 3.63) is 35.9 Å². The van der Waals surface area contributed by atoms with Crippen molar-refractivity contribution in [1.82, 2.24) is 10.4 Å². The lowest BCUT2D eigenvalue weighted by molar-refractivity contribution is 0.0687. The number of nitrogens with zero attached hydrogens (tertiary/aromatic N) is 1. The van der Waals surface area contributed by atoms with Crippen LogP contribution in [0.1, 0.15) is 23.2 Å². The van der Waals surface area contributed by atoms with E-state index in [9.17, 15) is 4.79 Å². The molecule has 2 N–H and O–H groups in total. The summed E-state index contributed by atoms with van der Waals surface area (Å²) in [5.41, 5.74) is 3.48. The van der Waals surface area contributed by atoms with E-state index in [1.165, 1.54) is 0 Å². The van der Waals surface area contributed by atoms with Crippen LogP contribution in [-0.2, 0) is 0 Å². The molecule has 4 heteroatoms. The van der Waals surface area contributed by atoms with Gasteiger partial charge in [-0.05, 0) is 25.0 Å². The molecule has 16 heavy (non-hydrogen) atoms. The van der Waals surface area contributed by atoms with Crippen molar-refractivity contribution < 1.29 is 9.90 Å². The van der Waals surface area contributed by atoms with E-state index in [2.05, 4.69) is 5.43 Å². The molecule has 0 aliphatic carbocycles. The smallest absolute Gasteiger partial charge is 0.265 e. The lowest BCUT2D eigenvalue weighted by atomic mass is 10.2. The molecule has 1 fully saturated rings. The molecule has 1 saturated heterocycles. The average molecular weight is 220 g/mol. The van der Waals surface area contributed by atoms with E-state index in [-0.39, 0.29) is 18.6 Å². The largest absolute Gasteiger partial charge is 0.395 e. The van der Waals surface area contributed by atoms with E-state index in [0.717, 1.165) is 19.4 Å². The number of carbonyl (C=O) groups is 1. The summed E-state index contributed by atoms with van der Waals surface area (Å²) in [7, 11) is 0. The number of aliphatic hydroxyl groups is 1.